The number of carboxylic acid groups (broad SMARTS) is 1. The van der Waals surface area contributed by atoms with Gasteiger partial charge in [-0.1, -0.05) is 0 Å². The predicted octanol–water partition coefficient (Wildman–Crippen LogP) is -1.76. The highest BCUT2D eigenvalue weighted by atomic mass is 16.7. The molecule has 0 aromatic rings. The summed E-state index contributed by atoms with van der Waals surface area (Å²) in [7, 11) is 0. The monoisotopic (exact) mass is 202 g/mol. The van der Waals surface area contributed by atoms with Gasteiger partial charge in [-0.05, 0) is 6.42 Å². The van der Waals surface area contributed by atoms with Crippen molar-refractivity contribution in [1.82, 2.24) is 5.48 Å². The molecule has 0 unspecified atom stereocenters. The largest absolute Gasteiger partial charge is 0.481 e. The van der Waals surface area contributed by atoms with Crippen LogP contribution in [0.1, 0.15) is 6.42 Å². The van der Waals surface area contributed by atoms with Gasteiger partial charge in [0.15, 0.2) is 6.61 Å². The van der Waals surface area contributed by atoms with Crippen LogP contribution < -0.4 is 11.2 Å². The Morgan fingerprint density at radius 1 is 1.43 bits per heavy atom. The molecule has 0 bridgehead atoms. The molecule has 7 heteroatoms. The van der Waals surface area contributed by atoms with Crippen LogP contribution in [0.15, 0.2) is 0 Å². The van der Waals surface area contributed by atoms with Crippen LogP contribution in [0, 0.1) is 11.8 Å². The number of aliphatic carboxylic acids is 1. The molecule has 1 rings (SSSR count). The van der Waals surface area contributed by atoms with Crippen molar-refractivity contribution in [3.63, 3.8) is 0 Å². The van der Waals surface area contributed by atoms with Gasteiger partial charge >= 0.3 is 5.97 Å². The third-order valence-corrected chi connectivity index (χ3v) is 1.83. The predicted molar refractivity (Wildman–Crippen MR) is 42.5 cm³/mol. The van der Waals surface area contributed by atoms with E-state index in [1.807, 2.05) is 5.48 Å². The Labute approximate surface area is 79.2 Å². The van der Waals surface area contributed by atoms with Crippen LogP contribution >= 0.6 is 0 Å². The molecule has 2 amide bonds. The molecule has 0 aromatic carbocycles. The molecule has 1 saturated carbocycles. The minimum Gasteiger partial charge on any atom is -0.481 e. The second-order valence-corrected chi connectivity index (χ2v) is 3.01. The van der Waals surface area contributed by atoms with Crippen molar-refractivity contribution in [2.24, 2.45) is 17.6 Å². The van der Waals surface area contributed by atoms with Crippen molar-refractivity contribution >= 4 is 17.8 Å². The molecule has 78 valence electrons. The number of nitrogens with one attached hydrogen (secondary N) is 1. The number of hydrogen-bond acceptors (Lipinski definition) is 4. The van der Waals surface area contributed by atoms with E-state index in [1.54, 1.807) is 0 Å². The molecule has 0 spiro atoms. The number of carboxylic acids is 1. The topological polar surface area (TPSA) is 119 Å². The summed E-state index contributed by atoms with van der Waals surface area (Å²) in [6.07, 6.45) is 0.307. The van der Waals surface area contributed by atoms with Crippen molar-refractivity contribution in [3.05, 3.63) is 0 Å². The van der Waals surface area contributed by atoms with Gasteiger partial charge in [0.1, 0.15) is 0 Å². The van der Waals surface area contributed by atoms with E-state index in [9.17, 15) is 14.4 Å². The van der Waals surface area contributed by atoms with Crippen molar-refractivity contribution < 1.29 is 24.3 Å². The first kappa shape index (κ1) is 10.5. The van der Waals surface area contributed by atoms with E-state index in [0.717, 1.165) is 0 Å². The van der Waals surface area contributed by atoms with E-state index in [4.69, 9.17) is 10.8 Å². The number of carbonyl (C=O) groups is 3. The van der Waals surface area contributed by atoms with Gasteiger partial charge in [0.05, 0.1) is 11.8 Å². The van der Waals surface area contributed by atoms with Crippen molar-refractivity contribution in [2.75, 3.05) is 6.61 Å². The molecule has 0 radical (unpaired) electrons. The fraction of sp³-hybridized carbons (Fsp3) is 0.571. The summed E-state index contributed by atoms with van der Waals surface area (Å²) in [4.78, 5) is 36.0. The zero-order valence-electron chi connectivity index (χ0n) is 7.23. The lowest BCUT2D eigenvalue weighted by Crippen LogP contribution is -2.31. The van der Waals surface area contributed by atoms with Gasteiger partial charge in [-0.2, -0.15) is 0 Å². The fourth-order valence-corrected chi connectivity index (χ4v) is 1.01. The van der Waals surface area contributed by atoms with Gasteiger partial charge in [0.2, 0.25) is 11.8 Å². The molecule has 0 aliphatic heterocycles. The lowest BCUT2D eigenvalue weighted by molar-refractivity contribution is -0.144. The first-order chi connectivity index (χ1) is 6.52. The number of rotatable bonds is 5. The third-order valence-electron chi connectivity index (χ3n) is 1.83. The number of amides is 2. The summed E-state index contributed by atoms with van der Waals surface area (Å²) in [6.45, 7) is -0.420. The maximum Gasteiger partial charge on any atom is 0.307 e. The van der Waals surface area contributed by atoms with E-state index >= 15 is 0 Å². The molecule has 1 aliphatic rings. The molecule has 1 aliphatic carbocycles. The maximum atomic E-state index is 11.1. The van der Waals surface area contributed by atoms with Crippen LogP contribution in [0.2, 0.25) is 0 Å². The van der Waals surface area contributed by atoms with Gasteiger partial charge in [0.25, 0.3) is 0 Å². The summed E-state index contributed by atoms with van der Waals surface area (Å²) in [6, 6.07) is 0. The zero-order valence-corrected chi connectivity index (χ0v) is 7.23. The molecule has 0 saturated heterocycles. The number of hydroxylamine groups is 1. The van der Waals surface area contributed by atoms with E-state index < -0.39 is 36.2 Å². The standard InChI is InChI=1S/C7H10N2O5/c8-5(10)2-14-9-6(11)3-1-4(3)7(12)13/h3-4H,1-2H2,(H2,8,10)(H,9,11)(H,12,13)/t3-,4+/m1/s1. The average Bonchev–Trinajstić information content (AvgIpc) is 2.81. The number of carbonyl (C=O) groups excluding carboxylic acids is 2. The van der Waals surface area contributed by atoms with Gasteiger partial charge in [0, 0.05) is 0 Å². The highest BCUT2D eigenvalue weighted by Gasteiger charge is 2.48. The Morgan fingerprint density at radius 2 is 2.07 bits per heavy atom. The van der Waals surface area contributed by atoms with Crippen LogP contribution in [-0.4, -0.2) is 29.5 Å². The second kappa shape index (κ2) is 4.05. The Morgan fingerprint density at radius 3 is 2.50 bits per heavy atom. The van der Waals surface area contributed by atoms with Crippen molar-refractivity contribution in [2.45, 2.75) is 6.42 Å². The van der Waals surface area contributed by atoms with Crippen LogP contribution in [-0.2, 0) is 19.2 Å². The first-order valence-electron chi connectivity index (χ1n) is 3.95. The van der Waals surface area contributed by atoms with E-state index in [1.165, 1.54) is 0 Å². The maximum absolute atomic E-state index is 11.1. The molecule has 7 nitrogen and oxygen atoms in total. The SMILES string of the molecule is NC(=O)CONC(=O)[C@@H]1C[C@@H]1C(=O)O. The Hall–Kier alpha value is -1.63. The van der Waals surface area contributed by atoms with E-state index in [2.05, 4.69) is 4.84 Å². The Balaban J connectivity index is 2.18. The quantitative estimate of drug-likeness (QED) is 0.456. The van der Waals surface area contributed by atoms with Gasteiger partial charge in [-0.15, -0.1) is 0 Å². The van der Waals surface area contributed by atoms with Gasteiger partial charge in [-0.3, -0.25) is 19.2 Å². The molecule has 2 atom stereocenters. The number of hydrogen-bond donors (Lipinski definition) is 3. The first-order valence-corrected chi connectivity index (χ1v) is 3.95. The molecular weight excluding hydrogens is 192 g/mol. The highest BCUT2D eigenvalue weighted by molar-refractivity contribution is 5.89. The van der Waals surface area contributed by atoms with Crippen molar-refractivity contribution in [3.8, 4) is 0 Å². The normalized spacial score (nSPS) is 24.0. The molecule has 1 fully saturated rings. The molecular formula is C7H10N2O5. The summed E-state index contributed by atoms with van der Waals surface area (Å²) < 4.78 is 0. The van der Waals surface area contributed by atoms with Crippen LogP contribution in [0.25, 0.3) is 0 Å². The molecule has 0 aromatic heterocycles. The third kappa shape index (κ3) is 2.70. The van der Waals surface area contributed by atoms with Crippen LogP contribution in [0.4, 0.5) is 0 Å². The van der Waals surface area contributed by atoms with Gasteiger partial charge in [-0.25, -0.2) is 5.48 Å². The lowest BCUT2D eigenvalue weighted by Gasteiger charge is -2.02. The lowest BCUT2D eigenvalue weighted by atomic mass is 10.3. The minimum absolute atomic E-state index is 0.307. The van der Waals surface area contributed by atoms with Crippen molar-refractivity contribution in [1.29, 1.82) is 0 Å². The highest BCUT2D eigenvalue weighted by Crippen LogP contribution is 2.38. The minimum atomic E-state index is -1.000. The molecule has 4 N–H and O–H groups in total. The Kier molecular flexibility index (Phi) is 3.03. The average molecular weight is 202 g/mol. The summed E-state index contributed by atoms with van der Waals surface area (Å²) >= 11 is 0. The summed E-state index contributed by atoms with van der Waals surface area (Å²) in [5.74, 6) is -3.43. The zero-order chi connectivity index (χ0) is 10.7. The summed E-state index contributed by atoms with van der Waals surface area (Å²) in [5, 5.41) is 8.49. The number of primary amides is 1. The molecule has 14 heavy (non-hydrogen) atoms. The van der Waals surface area contributed by atoms with Gasteiger partial charge < -0.3 is 10.8 Å². The Bertz CT molecular complexity index is 277. The van der Waals surface area contributed by atoms with Crippen LogP contribution in [0.5, 0.6) is 0 Å². The smallest absolute Gasteiger partial charge is 0.307 e. The van der Waals surface area contributed by atoms with Crippen LogP contribution in [0.3, 0.4) is 0 Å². The molecule has 0 heterocycles. The van der Waals surface area contributed by atoms with E-state index in [-0.39, 0.29) is 0 Å². The number of nitrogens with two attached hydrogens (primary N) is 1. The fourth-order valence-electron chi connectivity index (χ4n) is 1.01. The summed E-state index contributed by atoms with van der Waals surface area (Å²) in [5.41, 5.74) is 6.69. The second-order valence-electron chi connectivity index (χ2n) is 3.01. The van der Waals surface area contributed by atoms with E-state index in [0.29, 0.717) is 6.42 Å².